The van der Waals surface area contributed by atoms with Crippen LogP contribution in [0.5, 0.6) is 5.75 Å². The summed E-state index contributed by atoms with van der Waals surface area (Å²) in [6, 6.07) is 17.2. The Hall–Kier alpha value is -3.61. The summed E-state index contributed by atoms with van der Waals surface area (Å²) >= 11 is 3.08. The molecule has 1 aliphatic heterocycles. The summed E-state index contributed by atoms with van der Waals surface area (Å²) in [6.07, 6.45) is -5.37. The minimum absolute atomic E-state index is 0.266. The number of halogens is 4. The van der Waals surface area contributed by atoms with E-state index in [1.807, 2.05) is 19.1 Å². The predicted molar refractivity (Wildman–Crippen MR) is 165 cm³/mol. The Bertz CT molecular complexity index is 1590. The zero-order valence-corrected chi connectivity index (χ0v) is 25.7. The molecule has 1 saturated heterocycles. The van der Waals surface area contributed by atoms with Gasteiger partial charge in [0.05, 0.1) is 11.3 Å². The van der Waals surface area contributed by atoms with Crippen LogP contribution >= 0.6 is 23.1 Å². The average molecular weight is 646 g/mol. The highest BCUT2D eigenvalue weighted by Gasteiger charge is 2.30. The number of carbonyl (C=O) groups is 1. The molecule has 1 unspecified atom stereocenters. The number of benzene rings is 3. The molecule has 1 N–H and O–H groups in total. The number of nitrogens with zero attached hydrogens (tertiary/aromatic N) is 3. The van der Waals surface area contributed by atoms with Gasteiger partial charge in [-0.3, -0.25) is 4.90 Å². The van der Waals surface area contributed by atoms with Gasteiger partial charge in [0, 0.05) is 59.5 Å². The number of anilines is 1. The van der Waals surface area contributed by atoms with Gasteiger partial charge in [0.15, 0.2) is 6.10 Å². The molecule has 0 aliphatic carbocycles. The van der Waals surface area contributed by atoms with Crippen molar-refractivity contribution in [3.05, 3.63) is 94.2 Å². The molecular formula is C32H31F4N3O3S2. The summed E-state index contributed by atoms with van der Waals surface area (Å²) in [5, 5.41) is 9.81. The predicted octanol–water partition coefficient (Wildman–Crippen LogP) is 7.74. The quantitative estimate of drug-likeness (QED) is 0.140. The highest BCUT2D eigenvalue weighted by Crippen LogP contribution is 2.36. The third-order valence-electron chi connectivity index (χ3n) is 7.34. The summed E-state index contributed by atoms with van der Waals surface area (Å²) in [4.78, 5) is 22.6. The third-order valence-corrected chi connectivity index (χ3v) is 9.69. The molecule has 3 aromatic carbocycles. The number of aryl methyl sites for hydroxylation is 1. The van der Waals surface area contributed by atoms with E-state index in [2.05, 4.69) is 9.80 Å². The lowest BCUT2D eigenvalue weighted by molar-refractivity contribution is -0.144. The fourth-order valence-electron chi connectivity index (χ4n) is 4.81. The zero-order valence-electron chi connectivity index (χ0n) is 24.1. The van der Waals surface area contributed by atoms with Crippen molar-refractivity contribution in [1.82, 2.24) is 9.88 Å². The van der Waals surface area contributed by atoms with Gasteiger partial charge >= 0.3 is 12.1 Å². The molecule has 0 spiro atoms. The Labute approximate surface area is 261 Å². The van der Waals surface area contributed by atoms with Crippen molar-refractivity contribution in [2.24, 2.45) is 0 Å². The van der Waals surface area contributed by atoms with Crippen LogP contribution < -0.4 is 9.64 Å². The molecule has 4 aromatic rings. The number of alkyl halides is 3. The Morgan fingerprint density at radius 2 is 1.73 bits per heavy atom. The van der Waals surface area contributed by atoms with E-state index in [4.69, 9.17) is 14.8 Å². The van der Waals surface area contributed by atoms with Crippen molar-refractivity contribution in [3.8, 4) is 16.3 Å². The van der Waals surface area contributed by atoms with Gasteiger partial charge in [-0.2, -0.15) is 13.2 Å². The number of carboxylic acid groups (broad SMARTS) is 1. The smallest absolute Gasteiger partial charge is 0.416 e. The van der Waals surface area contributed by atoms with Crippen LogP contribution in [0.1, 0.15) is 28.6 Å². The van der Waals surface area contributed by atoms with Gasteiger partial charge < -0.3 is 14.7 Å². The first-order valence-electron chi connectivity index (χ1n) is 14.0. The molecule has 12 heteroatoms. The van der Waals surface area contributed by atoms with E-state index in [9.17, 15) is 22.4 Å². The highest BCUT2D eigenvalue weighted by atomic mass is 32.2. The van der Waals surface area contributed by atoms with Gasteiger partial charge in [0.25, 0.3) is 0 Å². The minimum Gasteiger partial charge on any atom is -0.479 e. The van der Waals surface area contributed by atoms with Gasteiger partial charge in [0.2, 0.25) is 0 Å². The molecule has 0 saturated carbocycles. The van der Waals surface area contributed by atoms with E-state index in [-0.39, 0.29) is 5.82 Å². The molecule has 232 valence electrons. The van der Waals surface area contributed by atoms with Crippen molar-refractivity contribution in [2.45, 2.75) is 43.3 Å². The van der Waals surface area contributed by atoms with Crippen LogP contribution in [-0.2, 0) is 23.3 Å². The second-order valence-electron chi connectivity index (χ2n) is 10.5. The number of rotatable bonds is 10. The maximum atomic E-state index is 13.4. The number of piperazine rings is 1. The van der Waals surface area contributed by atoms with Crippen LogP contribution in [0.15, 0.2) is 71.6 Å². The standard InChI is InChI=1S/C32H31F4N3O3S2/c1-20-17-26(11-12-28(20)42-21(2)31(40)41)43-19-29-27(37-30(44-29)22-3-5-23(6-4-22)32(34,35)36)18-38-13-15-39(16-14-38)25-9-7-24(33)8-10-25/h3-12,17,21H,13-16,18-19H2,1-2H3,(H,40,41). The molecule has 0 bridgehead atoms. The van der Waals surface area contributed by atoms with Crippen LogP contribution in [0.25, 0.3) is 10.6 Å². The number of thioether (sulfide) groups is 1. The number of carboxylic acids is 1. The number of ether oxygens (including phenoxy) is 1. The molecule has 1 aromatic heterocycles. The zero-order chi connectivity index (χ0) is 31.4. The number of hydrogen-bond acceptors (Lipinski definition) is 7. The summed E-state index contributed by atoms with van der Waals surface area (Å²) in [7, 11) is 0. The lowest BCUT2D eigenvalue weighted by Gasteiger charge is -2.36. The van der Waals surface area contributed by atoms with E-state index >= 15 is 0 Å². The Morgan fingerprint density at radius 1 is 1.05 bits per heavy atom. The monoisotopic (exact) mass is 645 g/mol. The van der Waals surface area contributed by atoms with Crippen molar-refractivity contribution in [3.63, 3.8) is 0 Å². The van der Waals surface area contributed by atoms with E-state index in [0.29, 0.717) is 28.6 Å². The Balaban J connectivity index is 1.32. The summed E-state index contributed by atoms with van der Waals surface area (Å²) in [5.74, 6) is -0.195. The summed E-state index contributed by atoms with van der Waals surface area (Å²) in [5.41, 5.74) is 2.61. The first-order valence-corrected chi connectivity index (χ1v) is 15.8. The topological polar surface area (TPSA) is 65.9 Å². The molecule has 6 nitrogen and oxygen atoms in total. The molecule has 1 fully saturated rings. The van der Waals surface area contributed by atoms with Crippen molar-refractivity contribution in [2.75, 3.05) is 31.1 Å². The lowest BCUT2D eigenvalue weighted by Crippen LogP contribution is -2.46. The van der Waals surface area contributed by atoms with Crippen molar-refractivity contribution < 1.29 is 32.2 Å². The van der Waals surface area contributed by atoms with Gasteiger partial charge in [0.1, 0.15) is 16.6 Å². The highest BCUT2D eigenvalue weighted by molar-refractivity contribution is 7.98. The molecule has 5 rings (SSSR count). The third kappa shape index (κ3) is 7.91. The number of hydrogen-bond donors (Lipinski definition) is 1. The number of aliphatic carboxylic acids is 1. The molecule has 1 aliphatic rings. The van der Waals surface area contributed by atoms with Crippen LogP contribution in [0.3, 0.4) is 0 Å². The molecule has 44 heavy (non-hydrogen) atoms. The first-order chi connectivity index (χ1) is 21.0. The second-order valence-corrected chi connectivity index (χ2v) is 12.7. The first kappa shape index (κ1) is 31.8. The van der Waals surface area contributed by atoms with Gasteiger partial charge in [-0.15, -0.1) is 23.1 Å². The van der Waals surface area contributed by atoms with Crippen molar-refractivity contribution >= 4 is 34.8 Å². The van der Waals surface area contributed by atoms with E-state index in [1.165, 1.54) is 42.5 Å². The fourth-order valence-corrected chi connectivity index (χ4v) is 6.98. The maximum Gasteiger partial charge on any atom is 0.416 e. The van der Waals surface area contributed by atoms with E-state index < -0.39 is 23.8 Å². The molecule has 1 atom stereocenters. The normalized spacial score (nSPS) is 14.9. The number of aromatic nitrogens is 1. The SMILES string of the molecule is Cc1cc(SCc2sc(-c3ccc(C(F)(F)F)cc3)nc2CN2CCN(c3ccc(F)cc3)CC2)ccc1OC(C)C(=O)O. The summed E-state index contributed by atoms with van der Waals surface area (Å²) < 4.78 is 58.3. The molecular weight excluding hydrogens is 614 g/mol. The second kappa shape index (κ2) is 13.6. The average Bonchev–Trinajstić information content (AvgIpc) is 3.40. The maximum absolute atomic E-state index is 13.4. The van der Waals surface area contributed by atoms with Crippen LogP contribution in [0.2, 0.25) is 0 Å². The van der Waals surface area contributed by atoms with Crippen LogP contribution in [0, 0.1) is 12.7 Å². The van der Waals surface area contributed by atoms with Crippen LogP contribution in [-0.4, -0.2) is 53.2 Å². The van der Waals surface area contributed by atoms with E-state index in [1.54, 1.807) is 30.0 Å². The van der Waals surface area contributed by atoms with Gasteiger partial charge in [-0.1, -0.05) is 12.1 Å². The molecule has 0 radical (unpaired) electrons. The summed E-state index contributed by atoms with van der Waals surface area (Å²) in [6.45, 7) is 7.06. The fraction of sp³-hybridized carbons (Fsp3) is 0.312. The van der Waals surface area contributed by atoms with Gasteiger partial charge in [-0.25, -0.2) is 14.2 Å². The largest absolute Gasteiger partial charge is 0.479 e. The minimum atomic E-state index is -4.41. The molecule has 2 heterocycles. The Kier molecular flexibility index (Phi) is 9.81. The van der Waals surface area contributed by atoms with Crippen molar-refractivity contribution in [1.29, 1.82) is 0 Å². The van der Waals surface area contributed by atoms with E-state index in [0.717, 1.165) is 65.0 Å². The Morgan fingerprint density at radius 3 is 2.34 bits per heavy atom. The molecule has 0 amide bonds. The number of thiazole rings is 1. The van der Waals surface area contributed by atoms with Gasteiger partial charge in [-0.05, 0) is 74.0 Å². The van der Waals surface area contributed by atoms with Crippen LogP contribution in [0.4, 0.5) is 23.2 Å². The lowest BCUT2D eigenvalue weighted by atomic mass is 10.1.